The van der Waals surface area contributed by atoms with Crippen molar-refractivity contribution < 1.29 is 18.7 Å². The zero-order valence-corrected chi connectivity index (χ0v) is 15.1. The minimum absolute atomic E-state index is 0.119. The van der Waals surface area contributed by atoms with Crippen LogP contribution in [0, 0.1) is 5.82 Å². The molecule has 0 aromatic heterocycles. The third kappa shape index (κ3) is 6.20. The molecule has 0 fully saturated rings. The molecule has 0 spiro atoms. The Kier molecular flexibility index (Phi) is 6.33. The second-order valence-corrected chi connectivity index (χ2v) is 6.83. The summed E-state index contributed by atoms with van der Waals surface area (Å²) < 4.78 is 18.7. The maximum atomic E-state index is 13.6. The lowest BCUT2D eigenvalue weighted by atomic mass is 10.1. The highest BCUT2D eigenvalue weighted by atomic mass is 19.1. The molecule has 0 heterocycles. The highest BCUT2D eigenvalue weighted by Crippen LogP contribution is 2.09. The average molecular weight is 358 g/mol. The van der Waals surface area contributed by atoms with Crippen molar-refractivity contribution in [2.24, 2.45) is 0 Å². The van der Waals surface area contributed by atoms with Gasteiger partial charge in [0.2, 0.25) is 0 Å². The number of rotatable bonds is 5. The van der Waals surface area contributed by atoms with Crippen LogP contribution in [0.25, 0.3) is 0 Å². The van der Waals surface area contributed by atoms with Gasteiger partial charge in [0.05, 0.1) is 0 Å². The molecule has 0 unspecified atom stereocenters. The first-order chi connectivity index (χ1) is 12.2. The SMILES string of the molecule is CC(C)(C)OC(=O)NCc1ccc(C(=O)NCc2ccccc2F)cc1. The molecule has 6 heteroatoms. The largest absolute Gasteiger partial charge is 0.444 e. The third-order valence-corrected chi connectivity index (χ3v) is 3.45. The molecule has 0 saturated carbocycles. The number of benzene rings is 2. The molecule has 2 amide bonds. The van der Waals surface area contributed by atoms with Gasteiger partial charge in [-0.25, -0.2) is 9.18 Å². The Hall–Kier alpha value is -2.89. The average Bonchev–Trinajstić information content (AvgIpc) is 2.58. The van der Waals surface area contributed by atoms with Crippen molar-refractivity contribution in [2.45, 2.75) is 39.5 Å². The summed E-state index contributed by atoms with van der Waals surface area (Å²) >= 11 is 0. The molecule has 2 aromatic rings. The highest BCUT2D eigenvalue weighted by Gasteiger charge is 2.15. The molecule has 0 saturated heterocycles. The standard InChI is InChI=1S/C20H23FN2O3/c1-20(2,3)26-19(25)23-12-14-8-10-15(11-9-14)18(24)22-13-16-6-4-5-7-17(16)21/h4-11H,12-13H2,1-3H3,(H,22,24)(H,23,25). The van der Waals surface area contributed by atoms with Crippen molar-refractivity contribution in [3.8, 4) is 0 Å². The number of ether oxygens (including phenoxy) is 1. The number of amides is 2. The Morgan fingerprint density at radius 2 is 1.62 bits per heavy atom. The summed E-state index contributed by atoms with van der Waals surface area (Å²) in [6.07, 6.45) is -0.496. The molecule has 0 aliphatic carbocycles. The van der Waals surface area contributed by atoms with Crippen LogP contribution in [-0.2, 0) is 17.8 Å². The predicted octanol–water partition coefficient (Wildman–Crippen LogP) is 3.78. The Labute approximate surface area is 152 Å². The number of hydrogen-bond donors (Lipinski definition) is 2. The summed E-state index contributed by atoms with van der Waals surface area (Å²) in [5, 5.41) is 5.34. The fourth-order valence-electron chi connectivity index (χ4n) is 2.18. The van der Waals surface area contributed by atoms with Crippen molar-refractivity contribution in [3.05, 3.63) is 71.0 Å². The van der Waals surface area contributed by atoms with Gasteiger partial charge in [0.15, 0.2) is 0 Å². The molecule has 0 aliphatic heterocycles. The van der Waals surface area contributed by atoms with Crippen LogP contribution in [0.2, 0.25) is 0 Å². The van der Waals surface area contributed by atoms with E-state index in [0.717, 1.165) is 5.56 Å². The van der Waals surface area contributed by atoms with Crippen LogP contribution in [-0.4, -0.2) is 17.6 Å². The Balaban J connectivity index is 1.85. The molecule has 26 heavy (non-hydrogen) atoms. The second kappa shape index (κ2) is 8.47. The van der Waals surface area contributed by atoms with Gasteiger partial charge >= 0.3 is 6.09 Å². The molecule has 0 radical (unpaired) electrons. The first-order valence-corrected chi connectivity index (χ1v) is 8.32. The first-order valence-electron chi connectivity index (χ1n) is 8.32. The van der Waals surface area contributed by atoms with E-state index in [-0.39, 0.29) is 18.3 Å². The molecule has 2 N–H and O–H groups in total. The van der Waals surface area contributed by atoms with E-state index in [0.29, 0.717) is 17.7 Å². The van der Waals surface area contributed by atoms with Crippen molar-refractivity contribution in [1.82, 2.24) is 10.6 Å². The van der Waals surface area contributed by atoms with Gasteiger partial charge in [-0.1, -0.05) is 30.3 Å². The van der Waals surface area contributed by atoms with E-state index in [2.05, 4.69) is 10.6 Å². The van der Waals surface area contributed by atoms with Crippen molar-refractivity contribution in [1.29, 1.82) is 0 Å². The van der Waals surface area contributed by atoms with Gasteiger partial charge in [-0.2, -0.15) is 0 Å². The maximum Gasteiger partial charge on any atom is 0.407 e. The smallest absolute Gasteiger partial charge is 0.407 e. The quantitative estimate of drug-likeness (QED) is 0.855. The summed E-state index contributed by atoms with van der Waals surface area (Å²) in [4.78, 5) is 23.8. The topological polar surface area (TPSA) is 67.4 Å². The van der Waals surface area contributed by atoms with Gasteiger partial charge in [0.1, 0.15) is 11.4 Å². The lowest BCUT2D eigenvalue weighted by Crippen LogP contribution is -2.32. The number of nitrogens with one attached hydrogen (secondary N) is 2. The molecule has 2 rings (SSSR count). The van der Waals surface area contributed by atoms with Crippen molar-refractivity contribution >= 4 is 12.0 Å². The maximum absolute atomic E-state index is 13.6. The van der Waals surface area contributed by atoms with E-state index in [1.54, 1.807) is 63.2 Å². The van der Waals surface area contributed by atoms with Crippen molar-refractivity contribution in [2.75, 3.05) is 0 Å². The molecule has 0 bridgehead atoms. The lowest BCUT2D eigenvalue weighted by Gasteiger charge is -2.19. The minimum Gasteiger partial charge on any atom is -0.444 e. The molecular formula is C20H23FN2O3. The van der Waals surface area contributed by atoms with Gasteiger partial charge < -0.3 is 15.4 Å². The number of alkyl carbamates (subject to hydrolysis) is 1. The fraction of sp³-hybridized carbons (Fsp3) is 0.300. The summed E-state index contributed by atoms with van der Waals surface area (Å²) in [6.45, 7) is 5.80. The third-order valence-electron chi connectivity index (χ3n) is 3.45. The predicted molar refractivity (Wildman–Crippen MR) is 97.1 cm³/mol. The Morgan fingerprint density at radius 3 is 2.23 bits per heavy atom. The summed E-state index contributed by atoms with van der Waals surface area (Å²) in [5.74, 6) is -0.642. The van der Waals surface area contributed by atoms with E-state index >= 15 is 0 Å². The highest BCUT2D eigenvalue weighted by molar-refractivity contribution is 5.94. The molecule has 0 atom stereocenters. The summed E-state index contributed by atoms with van der Waals surface area (Å²) in [6, 6.07) is 13.1. The second-order valence-electron chi connectivity index (χ2n) is 6.83. The van der Waals surface area contributed by atoms with E-state index in [4.69, 9.17) is 4.74 Å². The van der Waals surface area contributed by atoms with Crippen LogP contribution >= 0.6 is 0 Å². The van der Waals surface area contributed by atoms with Crippen LogP contribution in [0.3, 0.4) is 0 Å². The lowest BCUT2D eigenvalue weighted by molar-refractivity contribution is 0.0523. The minimum atomic E-state index is -0.551. The molecule has 5 nitrogen and oxygen atoms in total. The number of halogens is 1. The number of carbonyl (C=O) groups is 2. The van der Waals surface area contributed by atoms with E-state index in [1.165, 1.54) is 6.07 Å². The molecule has 138 valence electrons. The normalized spacial score (nSPS) is 10.9. The Morgan fingerprint density at radius 1 is 0.962 bits per heavy atom. The van der Waals surface area contributed by atoms with Crippen LogP contribution in [0.4, 0.5) is 9.18 Å². The molecular weight excluding hydrogens is 335 g/mol. The monoisotopic (exact) mass is 358 g/mol. The zero-order valence-electron chi connectivity index (χ0n) is 15.1. The van der Waals surface area contributed by atoms with Gasteiger partial charge in [0, 0.05) is 24.2 Å². The van der Waals surface area contributed by atoms with Gasteiger partial charge in [-0.15, -0.1) is 0 Å². The van der Waals surface area contributed by atoms with Crippen molar-refractivity contribution in [3.63, 3.8) is 0 Å². The van der Waals surface area contributed by atoms with E-state index < -0.39 is 11.7 Å². The molecule has 0 aliphatic rings. The van der Waals surface area contributed by atoms with Crippen LogP contribution in [0.1, 0.15) is 42.3 Å². The fourth-order valence-corrected chi connectivity index (χ4v) is 2.18. The number of carbonyl (C=O) groups excluding carboxylic acids is 2. The van der Waals surface area contributed by atoms with E-state index in [9.17, 15) is 14.0 Å². The summed E-state index contributed by atoms with van der Waals surface area (Å²) in [7, 11) is 0. The van der Waals surface area contributed by atoms with Crippen LogP contribution in [0.5, 0.6) is 0 Å². The first kappa shape index (κ1) is 19.4. The van der Waals surface area contributed by atoms with Crippen LogP contribution in [0.15, 0.2) is 48.5 Å². The zero-order chi connectivity index (χ0) is 19.2. The number of hydrogen-bond acceptors (Lipinski definition) is 3. The van der Waals surface area contributed by atoms with Gasteiger partial charge in [-0.3, -0.25) is 4.79 Å². The molecule has 2 aromatic carbocycles. The summed E-state index contributed by atoms with van der Waals surface area (Å²) in [5.41, 5.74) is 1.17. The van der Waals surface area contributed by atoms with E-state index in [1.807, 2.05) is 0 Å². The van der Waals surface area contributed by atoms with Gasteiger partial charge in [-0.05, 0) is 44.5 Å². The van der Waals surface area contributed by atoms with Crippen LogP contribution < -0.4 is 10.6 Å². The van der Waals surface area contributed by atoms with Gasteiger partial charge in [0.25, 0.3) is 5.91 Å². The Bertz CT molecular complexity index is 767.